The van der Waals surface area contributed by atoms with Crippen molar-refractivity contribution in [1.29, 1.82) is 0 Å². The molecule has 0 fully saturated rings. The number of benzene rings is 2. The van der Waals surface area contributed by atoms with E-state index in [1.807, 2.05) is 12.1 Å². The summed E-state index contributed by atoms with van der Waals surface area (Å²) in [5.41, 5.74) is 10.2. The van der Waals surface area contributed by atoms with Gasteiger partial charge >= 0.3 is 0 Å². The number of rotatable bonds is 3. The molecular weight excluding hydrogens is 262 g/mol. The molecule has 0 spiro atoms. The molecule has 0 amide bonds. The molecule has 0 unspecified atom stereocenters. The zero-order valence-corrected chi connectivity index (χ0v) is 12.0. The Morgan fingerprint density at radius 2 is 1.81 bits per heavy atom. The number of nitrogens with zero attached hydrogens (tertiary/aromatic N) is 3. The molecule has 0 aliphatic carbocycles. The lowest BCUT2D eigenvalue weighted by Crippen LogP contribution is -2.00. The third-order valence-electron chi connectivity index (χ3n) is 3.27. The van der Waals surface area contributed by atoms with E-state index < -0.39 is 0 Å². The maximum absolute atomic E-state index is 5.56. The predicted octanol–water partition coefficient (Wildman–Crippen LogP) is 3.12. The van der Waals surface area contributed by atoms with Crippen LogP contribution in [0.3, 0.4) is 0 Å². The second-order valence-electron chi connectivity index (χ2n) is 4.99. The summed E-state index contributed by atoms with van der Waals surface area (Å²) < 4.78 is 1.61. The van der Waals surface area contributed by atoms with Crippen LogP contribution in [0.4, 0.5) is 17.6 Å². The van der Waals surface area contributed by atoms with Gasteiger partial charge in [0.25, 0.3) is 0 Å². The predicted molar refractivity (Wildman–Crippen MR) is 85.3 cm³/mol. The van der Waals surface area contributed by atoms with E-state index in [1.165, 1.54) is 16.7 Å². The van der Waals surface area contributed by atoms with Crippen LogP contribution in [0.15, 0.2) is 48.5 Å². The van der Waals surface area contributed by atoms with E-state index in [0.29, 0.717) is 5.95 Å². The van der Waals surface area contributed by atoms with Gasteiger partial charge in [0, 0.05) is 12.7 Å². The van der Waals surface area contributed by atoms with E-state index in [4.69, 9.17) is 5.73 Å². The van der Waals surface area contributed by atoms with Gasteiger partial charge in [-0.3, -0.25) is 0 Å². The normalized spacial score (nSPS) is 10.6. The summed E-state index contributed by atoms with van der Waals surface area (Å²) >= 11 is 0. The van der Waals surface area contributed by atoms with Crippen molar-refractivity contribution in [2.24, 2.45) is 7.05 Å². The highest BCUT2D eigenvalue weighted by atomic mass is 15.4. The zero-order chi connectivity index (χ0) is 14.8. The molecule has 0 aliphatic rings. The Kier molecular flexibility index (Phi) is 3.31. The monoisotopic (exact) mass is 279 g/mol. The highest BCUT2D eigenvalue weighted by Crippen LogP contribution is 2.23. The van der Waals surface area contributed by atoms with Crippen LogP contribution in [0.5, 0.6) is 0 Å². The quantitative estimate of drug-likeness (QED) is 0.773. The molecule has 0 bridgehead atoms. The minimum atomic E-state index is 0.261. The van der Waals surface area contributed by atoms with Crippen LogP contribution in [0.1, 0.15) is 5.56 Å². The first-order chi connectivity index (χ1) is 10.1. The number of anilines is 3. The van der Waals surface area contributed by atoms with Gasteiger partial charge in [0.2, 0.25) is 11.9 Å². The summed E-state index contributed by atoms with van der Waals surface area (Å²) in [6.07, 6.45) is 0. The van der Waals surface area contributed by atoms with Gasteiger partial charge in [0.15, 0.2) is 0 Å². The third-order valence-corrected chi connectivity index (χ3v) is 3.27. The van der Waals surface area contributed by atoms with Crippen LogP contribution >= 0.6 is 0 Å². The number of aromatic nitrogens is 3. The van der Waals surface area contributed by atoms with Crippen LogP contribution in [-0.2, 0) is 7.05 Å². The summed E-state index contributed by atoms with van der Waals surface area (Å²) in [6.45, 7) is 2.10. The fourth-order valence-electron chi connectivity index (χ4n) is 2.21. The minimum absolute atomic E-state index is 0.261. The summed E-state index contributed by atoms with van der Waals surface area (Å²) in [5.74, 6) is 0.882. The van der Waals surface area contributed by atoms with Crippen molar-refractivity contribution >= 4 is 17.6 Å². The Labute approximate surface area is 123 Å². The molecule has 21 heavy (non-hydrogen) atoms. The first kappa shape index (κ1) is 13.2. The van der Waals surface area contributed by atoms with Gasteiger partial charge in [0.05, 0.1) is 0 Å². The fourth-order valence-corrected chi connectivity index (χ4v) is 2.21. The number of hydrogen-bond acceptors (Lipinski definition) is 4. The van der Waals surface area contributed by atoms with E-state index in [1.54, 1.807) is 11.7 Å². The van der Waals surface area contributed by atoms with Gasteiger partial charge < -0.3 is 11.1 Å². The molecule has 0 radical (unpaired) electrons. The maximum atomic E-state index is 5.56. The summed E-state index contributed by atoms with van der Waals surface area (Å²) in [4.78, 5) is 4.12. The van der Waals surface area contributed by atoms with Crippen LogP contribution in [-0.4, -0.2) is 14.8 Å². The lowest BCUT2D eigenvalue weighted by atomic mass is 10.0. The molecule has 3 rings (SSSR count). The SMILES string of the molecule is Cc1cccc(-c2ccc(Nc3nc(N)nn3C)cc2)c1. The zero-order valence-electron chi connectivity index (χ0n) is 12.0. The molecule has 0 saturated carbocycles. The van der Waals surface area contributed by atoms with Gasteiger partial charge in [-0.15, -0.1) is 5.10 Å². The molecule has 0 aliphatic heterocycles. The van der Waals surface area contributed by atoms with E-state index in [9.17, 15) is 0 Å². The van der Waals surface area contributed by atoms with Crippen molar-refractivity contribution in [2.45, 2.75) is 6.92 Å². The lowest BCUT2D eigenvalue weighted by molar-refractivity contribution is 0.779. The van der Waals surface area contributed by atoms with Crippen LogP contribution in [0.2, 0.25) is 0 Å². The van der Waals surface area contributed by atoms with Gasteiger partial charge in [-0.1, -0.05) is 42.0 Å². The van der Waals surface area contributed by atoms with Crippen LogP contribution in [0.25, 0.3) is 11.1 Å². The number of nitrogens with one attached hydrogen (secondary N) is 1. The van der Waals surface area contributed by atoms with Crippen molar-refractivity contribution in [1.82, 2.24) is 14.8 Å². The Morgan fingerprint density at radius 3 is 2.43 bits per heavy atom. The third kappa shape index (κ3) is 2.86. The standard InChI is InChI=1S/C16H17N5/c1-11-4-3-5-13(10-11)12-6-8-14(9-7-12)18-16-19-15(17)20-21(16)2/h3-10H,1-2H3,(H3,17,18,19,20). The fraction of sp³-hybridized carbons (Fsp3) is 0.125. The molecule has 3 aromatic rings. The summed E-state index contributed by atoms with van der Waals surface area (Å²) in [7, 11) is 1.80. The van der Waals surface area contributed by atoms with E-state index in [2.05, 4.69) is 58.7 Å². The van der Waals surface area contributed by atoms with Gasteiger partial charge in [-0.25, -0.2) is 4.68 Å². The number of aryl methyl sites for hydroxylation is 2. The molecule has 3 N–H and O–H groups in total. The van der Waals surface area contributed by atoms with E-state index >= 15 is 0 Å². The average Bonchev–Trinajstić information content (AvgIpc) is 2.78. The average molecular weight is 279 g/mol. The number of nitrogen functional groups attached to an aromatic ring is 1. The van der Waals surface area contributed by atoms with E-state index in [-0.39, 0.29) is 5.95 Å². The highest BCUT2D eigenvalue weighted by Gasteiger charge is 2.05. The second kappa shape index (κ2) is 5.28. The number of nitrogens with two attached hydrogens (primary N) is 1. The van der Waals surface area contributed by atoms with Crippen molar-refractivity contribution in [2.75, 3.05) is 11.1 Å². The Balaban J connectivity index is 1.82. The number of hydrogen-bond donors (Lipinski definition) is 2. The topological polar surface area (TPSA) is 68.8 Å². The molecule has 5 heteroatoms. The molecule has 1 heterocycles. The van der Waals surface area contributed by atoms with Gasteiger partial charge in [0.1, 0.15) is 0 Å². The molecule has 0 atom stereocenters. The van der Waals surface area contributed by atoms with Crippen molar-refractivity contribution < 1.29 is 0 Å². The summed E-state index contributed by atoms with van der Waals surface area (Å²) in [6, 6.07) is 16.6. The molecule has 2 aromatic carbocycles. The Bertz CT molecular complexity index is 759. The maximum Gasteiger partial charge on any atom is 0.241 e. The van der Waals surface area contributed by atoms with Crippen molar-refractivity contribution in [3.05, 3.63) is 54.1 Å². The molecular formula is C16H17N5. The van der Waals surface area contributed by atoms with E-state index in [0.717, 1.165) is 5.69 Å². The molecule has 5 nitrogen and oxygen atoms in total. The molecule has 0 saturated heterocycles. The first-order valence-electron chi connectivity index (χ1n) is 6.72. The van der Waals surface area contributed by atoms with Gasteiger partial charge in [-0.2, -0.15) is 4.98 Å². The van der Waals surface area contributed by atoms with Crippen LogP contribution < -0.4 is 11.1 Å². The Morgan fingerprint density at radius 1 is 1.05 bits per heavy atom. The molecule has 1 aromatic heterocycles. The van der Waals surface area contributed by atoms with Crippen LogP contribution in [0, 0.1) is 6.92 Å². The van der Waals surface area contributed by atoms with Crippen molar-refractivity contribution in [3.63, 3.8) is 0 Å². The first-order valence-corrected chi connectivity index (χ1v) is 6.72. The Hall–Kier alpha value is -2.82. The molecule has 106 valence electrons. The smallest absolute Gasteiger partial charge is 0.241 e. The second-order valence-corrected chi connectivity index (χ2v) is 4.99. The summed E-state index contributed by atoms with van der Waals surface area (Å²) in [5, 5.41) is 7.20. The highest BCUT2D eigenvalue weighted by molar-refractivity contribution is 5.67. The lowest BCUT2D eigenvalue weighted by Gasteiger charge is -2.07. The largest absolute Gasteiger partial charge is 0.366 e. The van der Waals surface area contributed by atoms with Crippen molar-refractivity contribution in [3.8, 4) is 11.1 Å². The minimum Gasteiger partial charge on any atom is -0.366 e. The van der Waals surface area contributed by atoms with Gasteiger partial charge in [-0.05, 0) is 30.2 Å².